The van der Waals surface area contributed by atoms with E-state index in [0.29, 0.717) is 24.0 Å². The maximum absolute atomic E-state index is 12.9. The van der Waals surface area contributed by atoms with Gasteiger partial charge in [0, 0.05) is 27.9 Å². The molecule has 3 atom stereocenters. The number of ether oxygens (including phenoxy) is 1. The molecule has 9 heteroatoms. The van der Waals surface area contributed by atoms with E-state index in [-0.39, 0.29) is 52.0 Å². The number of anilines is 1. The van der Waals surface area contributed by atoms with Crippen molar-refractivity contribution in [3.8, 4) is 0 Å². The number of hydrogen-bond acceptors (Lipinski definition) is 7. The molecule has 1 saturated heterocycles. The van der Waals surface area contributed by atoms with Gasteiger partial charge in [0.15, 0.2) is 18.2 Å². The molecule has 1 heterocycles. The Balaban J connectivity index is 1.21. The SMILES string of the molecule is C[C@@H](C(=O)OCC(=O)Nc1ccc2c(c1)C(=O)c1ccccc1C2=O)N1C(=O)C2CCCCC2C1=O. The molecule has 1 saturated carbocycles. The number of fused-ring (bicyclic) bond motifs is 3. The molecule has 3 amide bonds. The molecule has 0 spiro atoms. The monoisotopic (exact) mass is 488 g/mol. The largest absolute Gasteiger partial charge is 0.454 e. The Hall–Kier alpha value is -4.14. The zero-order valence-electron chi connectivity index (χ0n) is 19.6. The molecule has 0 radical (unpaired) electrons. The summed E-state index contributed by atoms with van der Waals surface area (Å²) in [6.07, 6.45) is 3.02. The number of ketones is 2. The van der Waals surface area contributed by atoms with Crippen LogP contribution in [-0.2, 0) is 23.9 Å². The summed E-state index contributed by atoms with van der Waals surface area (Å²) in [7, 11) is 0. The van der Waals surface area contributed by atoms with Crippen LogP contribution in [0.1, 0.15) is 64.4 Å². The fourth-order valence-electron chi connectivity index (χ4n) is 5.31. The fraction of sp³-hybridized carbons (Fsp3) is 0.333. The van der Waals surface area contributed by atoms with E-state index < -0.39 is 24.5 Å². The van der Waals surface area contributed by atoms with E-state index in [4.69, 9.17) is 4.74 Å². The summed E-state index contributed by atoms with van der Waals surface area (Å²) >= 11 is 0. The lowest BCUT2D eigenvalue weighted by molar-refractivity contribution is -0.159. The van der Waals surface area contributed by atoms with Crippen LogP contribution in [0.2, 0.25) is 0 Å². The number of hydrogen-bond donors (Lipinski definition) is 1. The lowest BCUT2D eigenvalue weighted by Gasteiger charge is -2.21. The van der Waals surface area contributed by atoms with Gasteiger partial charge in [-0.25, -0.2) is 4.79 Å². The normalized spacial score (nSPS) is 21.4. The average molecular weight is 488 g/mol. The molecule has 184 valence electrons. The quantitative estimate of drug-likeness (QED) is 0.432. The van der Waals surface area contributed by atoms with Crippen LogP contribution in [0.3, 0.4) is 0 Å². The second-order valence-corrected chi connectivity index (χ2v) is 9.34. The third-order valence-electron chi connectivity index (χ3n) is 7.16. The zero-order chi connectivity index (χ0) is 25.6. The topological polar surface area (TPSA) is 127 Å². The Morgan fingerprint density at radius 1 is 0.889 bits per heavy atom. The molecule has 2 unspecified atom stereocenters. The van der Waals surface area contributed by atoms with E-state index >= 15 is 0 Å². The Bertz CT molecular complexity index is 1310. The minimum Gasteiger partial charge on any atom is -0.454 e. The number of imide groups is 1. The first-order valence-electron chi connectivity index (χ1n) is 11.9. The van der Waals surface area contributed by atoms with Crippen molar-refractivity contribution in [1.29, 1.82) is 0 Å². The highest BCUT2D eigenvalue weighted by Crippen LogP contribution is 2.39. The van der Waals surface area contributed by atoms with Gasteiger partial charge in [-0.15, -0.1) is 0 Å². The molecule has 0 aromatic heterocycles. The van der Waals surface area contributed by atoms with Gasteiger partial charge in [-0.2, -0.15) is 0 Å². The molecule has 2 fully saturated rings. The van der Waals surface area contributed by atoms with E-state index in [0.717, 1.165) is 17.7 Å². The minimum atomic E-state index is -1.13. The summed E-state index contributed by atoms with van der Waals surface area (Å²) in [5, 5.41) is 2.55. The predicted molar refractivity (Wildman–Crippen MR) is 126 cm³/mol. The minimum absolute atomic E-state index is 0.176. The van der Waals surface area contributed by atoms with Crippen LogP contribution in [-0.4, -0.2) is 52.8 Å². The fourth-order valence-corrected chi connectivity index (χ4v) is 5.31. The van der Waals surface area contributed by atoms with Crippen molar-refractivity contribution in [2.45, 2.75) is 38.6 Å². The number of carbonyl (C=O) groups excluding carboxylic acids is 6. The molecule has 1 N–H and O–H groups in total. The van der Waals surface area contributed by atoms with Gasteiger partial charge >= 0.3 is 5.97 Å². The molecular weight excluding hydrogens is 464 g/mol. The predicted octanol–water partition coefficient (Wildman–Crippen LogP) is 2.51. The smallest absolute Gasteiger partial charge is 0.329 e. The first-order valence-corrected chi connectivity index (χ1v) is 11.9. The molecule has 2 aromatic rings. The van der Waals surface area contributed by atoms with Gasteiger partial charge in [-0.3, -0.25) is 28.9 Å². The number of nitrogens with one attached hydrogen (secondary N) is 1. The Morgan fingerprint density at radius 2 is 1.44 bits per heavy atom. The number of amides is 3. The highest BCUT2D eigenvalue weighted by atomic mass is 16.5. The van der Waals surface area contributed by atoms with Crippen molar-refractivity contribution in [3.05, 3.63) is 64.7 Å². The third kappa shape index (κ3) is 3.90. The maximum Gasteiger partial charge on any atom is 0.329 e. The molecule has 9 nitrogen and oxygen atoms in total. The summed E-state index contributed by atoms with van der Waals surface area (Å²) < 4.78 is 5.08. The highest BCUT2D eigenvalue weighted by molar-refractivity contribution is 6.28. The molecular formula is C27H24N2O7. The summed E-state index contributed by atoms with van der Waals surface area (Å²) in [6, 6.07) is 9.79. The maximum atomic E-state index is 12.9. The summed E-state index contributed by atoms with van der Waals surface area (Å²) in [5.74, 6) is -3.58. The number of esters is 1. The summed E-state index contributed by atoms with van der Waals surface area (Å²) in [4.78, 5) is 76.9. The number of benzene rings is 2. The zero-order valence-corrected chi connectivity index (χ0v) is 19.6. The lowest BCUT2D eigenvalue weighted by atomic mass is 9.81. The third-order valence-corrected chi connectivity index (χ3v) is 7.16. The van der Waals surface area contributed by atoms with Crippen LogP contribution in [0, 0.1) is 11.8 Å². The molecule has 2 aliphatic carbocycles. The van der Waals surface area contributed by atoms with Gasteiger partial charge in [0.2, 0.25) is 11.8 Å². The van der Waals surface area contributed by atoms with Crippen LogP contribution in [0.25, 0.3) is 0 Å². The molecule has 36 heavy (non-hydrogen) atoms. The first kappa shape index (κ1) is 23.6. The second-order valence-electron chi connectivity index (χ2n) is 9.34. The molecule has 0 bridgehead atoms. The van der Waals surface area contributed by atoms with Crippen molar-refractivity contribution >= 4 is 40.9 Å². The Kier molecular flexibility index (Phi) is 5.99. The summed E-state index contributed by atoms with van der Waals surface area (Å²) in [5.41, 5.74) is 1.32. The van der Waals surface area contributed by atoms with Gasteiger partial charge in [-0.1, -0.05) is 37.1 Å². The van der Waals surface area contributed by atoms with Crippen molar-refractivity contribution in [3.63, 3.8) is 0 Å². The second kappa shape index (κ2) is 9.14. The Morgan fingerprint density at radius 3 is 2.06 bits per heavy atom. The van der Waals surface area contributed by atoms with E-state index in [1.165, 1.54) is 25.1 Å². The first-order chi connectivity index (χ1) is 17.3. The molecule has 1 aliphatic heterocycles. The highest BCUT2D eigenvalue weighted by Gasteiger charge is 2.51. The van der Waals surface area contributed by atoms with Gasteiger partial charge in [-0.05, 0) is 38.0 Å². The van der Waals surface area contributed by atoms with Gasteiger partial charge in [0.1, 0.15) is 6.04 Å². The molecule has 5 rings (SSSR count). The van der Waals surface area contributed by atoms with Crippen molar-refractivity contribution in [1.82, 2.24) is 4.90 Å². The van der Waals surface area contributed by atoms with Crippen LogP contribution >= 0.6 is 0 Å². The lowest BCUT2D eigenvalue weighted by Crippen LogP contribution is -2.45. The number of rotatable bonds is 5. The van der Waals surface area contributed by atoms with Crippen molar-refractivity contribution in [2.75, 3.05) is 11.9 Å². The van der Waals surface area contributed by atoms with Crippen molar-refractivity contribution in [2.24, 2.45) is 11.8 Å². The van der Waals surface area contributed by atoms with Crippen LogP contribution in [0.5, 0.6) is 0 Å². The standard InChI is InChI=1S/C27H24N2O7/c1-14(29-25(33)19-8-4-5-9-20(19)26(29)34)27(35)36-13-22(30)28-15-10-11-18-21(12-15)24(32)17-7-3-2-6-16(17)23(18)31/h2-3,6-7,10-12,14,19-20H,4-5,8-9,13H2,1H3,(H,28,30)/t14-,19?,20?/m0/s1. The number of carbonyl (C=O) groups is 6. The molecule has 3 aliphatic rings. The number of likely N-dealkylation sites (tertiary alicyclic amines) is 1. The number of nitrogens with zero attached hydrogens (tertiary/aromatic N) is 1. The summed E-state index contributed by atoms with van der Waals surface area (Å²) in [6.45, 7) is 0.774. The van der Waals surface area contributed by atoms with Gasteiger partial charge in [0.05, 0.1) is 11.8 Å². The van der Waals surface area contributed by atoms with E-state index in [1.807, 2.05) is 0 Å². The average Bonchev–Trinajstić information content (AvgIpc) is 3.15. The molecule has 2 aromatic carbocycles. The van der Waals surface area contributed by atoms with Crippen LogP contribution in [0.15, 0.2) is 42.5 Å². The van der Waals surface area contributed by atoms with Gasteiger partial charge < -0.3 is 10.1 Å². The van der Waals surface area contributed by atoms with E-state index in [2.05, 4.69) is 5.32 Å². The van der Waals surface area contributed by atoms with Gasteiger partial charge in [0.25, 0.3) is 5.91 Å². The van der Waals surface area contributed by atoms with E-state index in [1.54, 1.807) is 24.3 Å². The van der Waals surface area contributed by atoms with E-state index in [9.17, 15) is 28.8 Å². The Labute approximate surface area is 206 Å². The van der Waals surface area contributed by atoms with Crippen LogP contribution < -0.4 is 5.32 Å². The van der Waals surface area contributed by atoms with Crippen LogP contribution in [0.4, 0.5) is 5.69 Å². The van der Waals surface area contributed by atoms with Crippen molar-refractivity contribution < 1.29 is 33.5 Å².